The second-order valence-electron chi connectivity index (χ2n) is 4.20. The van der Waals surface area contributed by atoms with Gasteiger partial charge < -0.3 is 11.1 Å². The monoisotopic (exact) mass is 367 g/mol. The molecular formula is C12H22IN3S. The number of nitrogens with one attached hydrogen (secondary N) is 1. The van der Waals surface area contributed by atoms with Crippen molar-refractivity contribution in [3.63, 3.8) is 0 Å². The van der Waals surface area contributed by atoms with Gasteiger partial charge >= 0.3 is 0 Å². The Morgan fingerprint density at radius 2 is 2.06 bits per heavy atom. The fourth-order valence-electron chi connectivity index (χ4n) is 1.23. The molecule has 5 heteroatoms. The predicted molar refractivity (Wildman–Crippen MR) is 87.3 cm³/mol. The number of hydrogen-bond donors (Lipinski definition) is 2. The van der Waals surface area contributed by atoms with Gasteiger partial charge in [0.15, 0.2) is 5.96 Å². The van der Waals surface area contributed by atoms with E-state index in [9.17, 15) is 0 Å². The van der Waals surface area contributed by atoms with Gasteiger partial charge in [0.1, 0.15) is 0 Å². The third-order valence-corrected chi connectivity index (χ3v) is 3.38. The fourth-order valence-corrected chi connectivity index (χ4v) is 2.11. The largest absolute Gasteiger partial charge is 0.370 e. The Morgan fingerprint density at radius 3 is 2.59 bits per heavy atom. The first kappa shape index (κ1) is 16.7. The maximum Gasteiger partial charge on any atom is 0.188 e. The standard InChI is InChI=1S/C12H21N3S.HI/c1-4-10-5-6-11(16-10)8-15-12(13)14-7-9(2)3;/h5-6,9H,4,7-8H2,1-3H3,(H3,13,14,15);1H. The number of aliphatic imine (C=N–C) groups is 1. The minimum Gasteiger partial charge on any atom is -0.370 e. The number of aryl methyl sites for hydroxylation is 1. The van der Waals surface area contributed by atoms with Crippen LogP contribution in [0.3, 0.4) is 0 Å². The number of nitrogens with two attached hydrogens (primary N) is 1. The molecule has 0 aliphatic carbocycles. The summed E-state index contributed by atoms with van der Waals surface area (Å²) in [4.78, 5) is 6.98. The fraction of sp³-hybridized carbons (Fsp3) is 0.583. The van der Waals surface area contributed by atoms with Crippen LogP contribution >= 0.6 is 35.3 Å². The molecule has 17 heavy (non-hydrogen) atoms. The van der Waals surface area contributed by atoms with E-state index in [4.69, 9.17) is 5.73 Å². The van der Waals surface area contributed by atoms with Crippen molar-refractivity contribution in [2.24, 2.45) is 16.6 Å². The molecule has 3 N–H and O–H groups in total. The topological polar surface area (TPSA) is 50.4 Å². The van der Waals surface area contributed by atoms with Crippen LogP contribution in [-0.2, 0) is 13.0 Å². The van der Waals surface area contributed by atoms with Gasteiger partial charge in [-0.3, -0.25) is 0 Å². The first-order valence-electron chi connectivity index (χ1n) is 5.73. The van der Waals surface area contributed by atoms with Crippen LogP contribution < -0.4 is 11.1 Å². The minimum absolute atomic E-state index is 0. The van der Waals surface area contributed by atoms with Gasteiger partial charge in [-0.2, -0.15) is 0 Å². The third-order valence-electron chi connectivity index (χ3n) is 2.16. The maximum atomic E-state index is 5.75. The molecule has 0 radical (unpaired) electrons. The average Bonchev–Trinajstić information content (AvgIpc) is 2.71. The lowest BCUT2D eigenvalue weighted by atomic mass is 10.2. The van der Waals surface area contributed by atoms with Crippen molar-refractivity contribution < 1.29 is 0 Å². The lowest BCUT2D eigenvalue weighted by Gasteiger charge is -2.07. The van der Waals surface area contributed by atoms with Crippen molar-refractivity contribution in [2.75, 3.05) is 6.54 Å². The summed E-state index contributed by atoms with van der Waals surface area (Å²) in [6, 6.07) is 4.29. The van der Waals surface area contributed by atoms with Crippen molar-refractivity contribution in [3.05, 3.63) is 21.9 Å². The summed E-state index contributed by atoms with van der Waals surface area (Å²) < 4.78 is 0. The molecule has 1 rings (SSSR count). The van der Waals surface area contributed by atoms with Crippen LogP contribution in [0, 0.1) is 5.92 Å². The zero-order valence-electron chi connectivity index (χ0n) is 10.7. The average molecular weight is 367 g/mol. The van der Waals surface area contributed by atoms with E-state index in [1.807, 2.05) is 11.3 Å². The number of halogens is 1. The van der Waals surface area contributed by atoms with Gasteiger partial charge in [0, 0.05) is 16.3 Å². The SMILES string of the molecule is CCc1ccc(CN=C(N)NCC(C)C)s1.I. The molecule has 3 nitrogen and oxygen atoms in total. The van der Waals surface area contributed by atoms with Gasteiger partial charge in [0.25, 0.3) is 0 Å². The number of guanidine groups is 1. The van der Waals surface area contributed by atoms with E-state index in [1.54, 1.807) is 0 Å². The zero-order valence-corrected chi connectivity index (χ0v) is 13.8. The van der Waals surface area contributed by atoms with Gasteiger partial charge in [-0.1, -0.05) is 20.8 Å². The van der Waals surface area contributed by atoms with Gasteiger partial charge in [0.05, 0.1) is 6.54 Å². The smallest absolute Gasteiger partial charge is 0.188 e. The number of hydrogen-bond acceptors (Lipinski definition) is 2. The summed E-state index contributed by atoms with van der Waals surface area (Å²) in [5.74, 6) is 1.13. The lowest BCUT2D eigenvalue weighted by Crippen LogP contribution is -2.34. The molecule has 0 aliphatic rings. The Bertz CT molecular complexity index is 347. The molecular weight excluding hydrogens is 345 g/mol. The number of nitrogens with zero attached hydrogens (tertiary/aromatic N) is 1. The summed E-state index contributed by atoms with van der Waals surface area (Å²) in [5, 5.41) is 3.11. The molecule has 0 bridgehead atoms. The quantitative estimate of drug-likeness (QED) is 0.478. The van der Waals surface area contributed by atoms with Crippen molar-refractivity contribution >= 4 is 41.3 Å². The van der Waals surface area contributed by atoms with E-state index in [-0.39, 0.29) is 24.0 Å². The normalized spacial score (nSPS) is 11.4. The van der Waals surface area contributed by atoms with Crippen LogP contribution in [0.2, 0.25) is 0 Å². The Kier molecular flexibility index (Phi) is 8.59. The van der Waals surface area contributed by atoms with E-state index in [2.05, 4.69) is 43.2 Å². The Morgan fingerprint density at radius 1 is 1.41 bits per heavy atom. The molecule has 0 fully saturated rings. The van der Waals surface area contributed by atoms with Crippen molar-refractivity contribution in [1.29, 1.82) is 0 Å². The van der Waals surface area contributed by atoms with Crippen LogP contribution in [0.4, 0.5) is 0 Å². The van der Waals surface area contributed by atoms with Gasteiger partial charge in [-0.25, -0.2) is 4.99 Å². The van der Waals surface area contributed by atoms with Crippen LogP contribution in [0.25, 0.3) is 0 Å². The van der Waals surface area contributed by atoms with E-state index >= 15 is 0 Å². The molecule has 98 valence electrons. The summed E-state index contributed by atoms with van der Waals surface area (Å²) >= 11 is 1.81. The summed E-state index contributed by atoms with van der Waals surface area (Å²) in [7, 11) is 0. The summed E-state index contributed by atoms with van der Waals surface area (Å²) in [5.41, 5.74) is 5.75. The predicted octanol–water partition coefficient (Wildman–Crippen LogP) is 2.99. The molecule has 0 aliphatic heterocycles. The number of rotatable bonds is 5. The summed E-state index contributed by atoms with van der Waals surface area (Å²) in [6.07, 6.45) is 1.09. The lowest BCUT2D eigenvalue weighted by molar-refractivity contribution is 0.622. The molecule has 0 spiro atoms. The molecule has 1 aromatic rings. The highest BCUT2D eigenvalue weighted by molar-refractivity contribution is 14.0. The highest BCUT2D eigenvalue weighted by Gasteiger charge is 1.98. The van der Waals surface area contributed by atoms with Crippen LogP contribution in [0.1, 0.15) is 30.5 Å². The third kappa shape index (κ3) is 6.88. The highest BCUT2D eigenvalue weighted by Crippen LogP contribution is 2.17. The molecule has 1 aromatic heterocycles. The molecule has 0 aromatic carbocycles. The zero-order chi connectivity index (χ0) is 12.0. The Labute approximate surface area is 125 Å². The van der Waals surface area contributed by atoms with Gasteiger partial charge in [0.2, 0.25) is 0 Å². The van der Waals surface area contributed by atoms with E-state index in [0.29, 0.717) is 18.4 Å². The van der Waals surface area contributed by atoms with E-state index in [1.165, 1.54) is 9.75 Å². The van der Waals surface area contributed by atoms with Gasteiger partial charge in [-0.15, -0.1) is 35.3 Å². The molecule has 0 amide bonds. The molecule has 0 saturated carbocycles. The second-order valence-corrected chi connectivity index (χ2v) is 5.45. The van der Waals surface area contributed by atoms with Crippen molar-refractivity contribution in [1.82, 2.24) is 5.32 Å². The van der Waals surface area contributed by atoms with E-state index < -0.39 is 0 Å². The highest BCUT2D eigenvalue weighted by atomic mass is 127. The molecule has 0 unspecified atom stereocenters. The second kappa shape index (κ2) is 8.74. The van der Waals surface area contributed by atoms with Crippen LogP contribution in [-0.4, -0.2) is 12.5 Å². The van der Waals surface area contributed by atoms with Gasteiger partial charge in [-0.05, 0) is 24.5 Å². The molecule has 1 heterocycles. The Balaban J connectivity index is 0.00000256. The first-order chi connectivity index (χ1) is 7.61. The van der Waals surface area contributed by atoms with E-state index in [0.717, 1.165) is 13.0 Å². The minimum atomic E-state index is 0. The van der Waals surface area contributed by atoms with Crippen LogP contribution in [0.5, 0.6) is 0 Å². The van der Waals surface area contributed by atoms with Crippen LogP contribution in [0.15, 0.2) is 17.1 Å². The first-order valence-corrected chi connectivity index (χ1v) is 6.54. The van der Waals surface area contributed by atoms with Crippen molar-refractivity contribution in [2.45, 2.75) is 33.7 Å². The summed E-state index contributed by atoms with van der Waals surface area (Å²) in [6.45, 7) is 8.01. The molecule has 0 saturated heterocycles. The maximum absolute atomic E-state index is 5.75. The molecule has 0 atom stereocenters. The van der Waals surface area contributed by atoms with Crippen molar-refractivity contribution in [3.8, 4) is 0 Å². The Hall–Kier alpha value is -0.300. The number of thiophene rings is 1.